The van der Waals surface area contributed by atoms with E-state index in [1.54, 1.807) is 25.3 Å². The van der Waals surface area contributed by atoms with Gasteiger partial charge in [-0.1, -0.05) is 12.1 Å². The van der Waals surface area contributed by atoms with Crippen LogP contribution in [0.15, 0.2) is 29.2 Å². The number of sulfonamides is 1. The predicted octanol–water partition coefficient (Wildman–Crippen LogP) is 0.444. The average Bonchev–Trinajstić information content (AvgIpc) is 2.49. The first-order valence-electron chi connectivity index (χ1n) is 6.99. The number of methoxy groups -OCH3 is 1. The third-order valence-electron chi connectivity index (χ3n) is 3.34. The minimum absolute atomic E-state index is 0.277. The highest BCUT2D eigenvalue weighted by molar-refractivity contribution is 7.89. The zero-order valence-corrected chi connectivity index (χ0v) is 13.1. The van der Waals surface area contributed by atoms with Crippen LogP contribution in [0.1, 0.15) is 5.56 Å². The van der Waals surface area contributed by atoms with Gasteiger partial charge in [0.25, 0.3) is 0 Å². The van der Waals surface area contributed by atoms with Gasteiger partial charge >= 0.3 is 0 Å². The van der Waals surface area contributed by atoms with Gasteiger partial charge in [0, 0.05) is 33.3 Å². The van der Waals surface area contributed by atoms with Gasteiger partial charge in [-0.05, 0) is 17.7 Å². The van der Waals surface area contributed by atoms with Crippen LogP contribution in [-0.4, -0.2) is 59.8 Å². The Morgan fingerprint density at radius 2 is 2.10 bits per heavy atom. The highest BCUT2D eigenvalue weighted by atomic mass is 32.2. The number of ether oxygens (including phenoxy) is 2. The van der Waals surface area contributed by atoms with E-state index in [0.29, 0.717) is 32.9 Å². The molecule has 0 atom stereocenters. The SMILES string of the molecule is COCc1cccc(S(=O)(=O)NCCN2CCOCC2)c1. The van der Waals surface area contributed by atoms with E-state index in [9.17, 15) is 8.42 Å². The number of nitrogens with zero attached hydrogens (tertiary/aromatic N) is 1. The third-order valence-corrected chi connectivity index (χ3v) is 4.80. The summed E-state index contributed by atoms with van der Waals surface area (Å²) in [6.07, 6.45) is 0. The van der Waals surface area contributed by atoms with E-state index >= 15 is 0 Å². The standard InChI is InChI=1S/C14H22N2O4S/c1-19-12-13-3-2-4-14(11-13)21(17,18)15-5-6-16-7-9-20-10-8-16/h2-4,11,15H,5-10,12H2,1H3. The van der Waals surface area contributed by atoms with Gasteiger partial charge in [0.2, 0.25) is 10.0 Å². The molecule has 2 rings (SSSR count). The molecule has 0 spiro atoms. The fraction of sp³-hybridized carbons (Fsp3) is 0.571. The van der Waals surface area contributed by atoms with Crippen molar-refractivity contribution in [2.75, 3.05) is 46.5 Å². The first-order valence-corrected chi connectivity index (χ1v) is 8.48. The van der Waals surface area contributed by atoms with Crippen LogP contribution in [0.5, 0.6) is 0 Å². The molecule has 1 N–H and O–H groups in total. The first kappa shape index (κ1) is 16.4. The predicted molar refractivity (Wildman–Crippen MR) is 79.6 cm³/mol. The van der Waals surface area contributed by atoms with Crippen molar-refractivity contribution in [3.05, 3.63) is 29.8 Å². The summed E-state index contributed by atoms with van der Waals surface area (Å²) in [5, 5.41) is 0. The van der Waals surface area contributed by atoms with Crippen LogP contribution in [0, 0.1) is 0 Å². The summed E-state index contributed by atoms with van der Waals surface area (Å²) in [5.41, 5.74) is 0.841. The van der Waals surface area contributed by atoms with Crippen molar-refractivity contribution in [2.24, 2.45) is 0 Å². The van der Waals surface area contributed by atoms with Crippen molar-refractivity contribution in [1.29, 1.82) is 0 Å². The molecule has 0 saturated carbocycles. The Bertz CT molecular complexity index is 542. The van der Waals surface area contributed by atoms with E-state index in [-0.39, 0.29) is 4.90 Å². The first-order chi connectivity index (χ1) is 10.1. The summed E-state index contributed by atoms with van der Waals surface area (Å²) in [4.78, 5) is 2.46. The van der Waals surface area contributed by atoms with Gasteiger partial charge < -0.3 is 9.47 Å². The summed E-state index contributed by atoms with van der Waals surface area (Å²) in [6, 6.07) is 6.80. The second kappa shape index (κ2) is 7.86. The van der Waals surface area contributed by atoms with Crippen molar-refractivity contribution in [3.8, 4) is 0 Å². The van der Waals surface area contributed by atoms with Gasteiger partial charge in [0.05, 0.1) is 24.7 Å². The Kier molecular flexibility index (Phi) is 6.13. The molecule has 0 unspecified atom stereocenters. The number of hydrogen-bond donors (Lipinski definition) is 1. The molecule has 1 aliphatic rings. The number of hydrogen-bond acceptors (Lipinski definition) is 5. The van der Waals surface area contributed by atoms with E-state index in [0.717, 1.165) is 18.7 Å². The molecule has 118 valence electrons. The smallest absolute Gasteiger partial charge is 0.240 e. The quantitative estimate of drug-likeness (QED) is 0.791. The lowest BCUT2D eigenvalue weighted by Gasteiger charge is -2.26. The highest BCUT2D eigenvalue weighted by Gasteiger charge is 2.15. The van der Waals surface area contributed by atoms with Crippen LogP contribution < -0.4 is 4.72 Å². The Morgan fingerprint density at radius 1 is 1.33 bits per heavy atom. The molecule has 1 aromatic rings. The van der Waals surface area contributed by atoms with E-state index in [1.165, 1.54) is 0 Å². The molecule has 1 saturated heterocycles. The van der Waals surface area contributed by atoms with Gasteiger partial charge in [-0.25, -0.2) is 13.1 Å². The third kappa shape index (κ3) is 5.05. The molecule has 1 aromatic carbocycles. The van der Waals surface area contributed by atoms with Crippen LogP contribution in [0.4, 0.5) is 0 Å². The monoisotopic (exact) mass is 314 g/mol. The zero-order valence-electron chi connectivity index (χ0n) is 12.2. The molecular weight excluding hydrogens is 292 g/mol. The van der Waals surface area contributed by atoms with Crippen molar-refractivity contribution in [2.45, 2.75) is 11.5 Å². The lowest BCUT2D eigenvalue weighted by molar-refractivity contribution is 0.0390. The van der Waals surface area contributed by atoms with Crippen molar-refractivity contribution < 1.29 is 17.9 Å². The van der Waals surface area contributed by atoms with Crippen LogP contribution in [0.2, 0.25) is 0 Å². The van der Waals surface area contributed by atoms with Gasteiger partial charge in [-0.2, -0.15) is 0 Å². The highest BCUT2D eigenvalue weighted by Crippen LogP contribution is 2.12. The maximum Gasteiger partial charge on any atom is 0.240 e. The Morgan fingerprint density at radius 3 is 2.81 bits per heavy atom. The van der Waals surface area contributed by atoms with Crippen LogP contribution in [0.25, 0.3) is 0 Å². The van der Waals surface area contributed by atoms with Gasteiger partial charge in [0.1, 0.15) is 0 Å². The molecule has 7 heteroatoms. The molecule has 0 amide bonds. The minimum Gasteiger partial charge on any atom is -0.380 e. The van der Waals surface area contributed by atoms with Gasteiger partial charge in [-0.15, -0.1) is 0 Å². The Hall–Kier alpha value is -0.990. The van der Waals surface area contributed by atoms with Gasteiger partial charge in [-0.3, -0.25) is 4.90 Å². The number of rotatable bonds is 7. The lowest BCUT2D eigenvalue weighted by atomic mass is 10.2. The van der Waals surface area contributed by atoms with E-state index < -0.39 is 10.0 Å². The maximum atomic E-state index is 12.2. The topological polar surface area (TPSA) is 67.9 Å². The molecule has 0 aliphatic carbocycles. The summed E-state index contributed by atoms with van der Waals surface area (Å²) in [5.74, 6) is 0. The lowest BCUT2D eigenvalue weighted by Crippen LogP contribution is -2.41. The second-order valence-corrected chi connectivity index (χ2v) is 6.70. The molecular formula is C14H22N2O4S. The second-order valence-electron chi connectivity index (χ2n) is 4.93. The summed E-state index contributed by atoms with van der Waals surface area (Å²) < 4.78 is 37.4. The van der Waals surface area contributed by atoms with E-state index in [4.69, 9.17) is 9.47 Å². The van der Waals surface area contributed by atoms with Crippen molar-refractivity contribution in [1.82, 2.24) is 9.62 Å². The number of nitrogens with one attached hydrogen (secondary N) is 1. The van der Waals surface area contributed by atoms with Crippen LogP contribution in [-0.2, 0) is 26.1 Å². The fourth-order valence-electron chi connectivity index (χ4n) is 2.22. The summed E-state index contributed by atoms with van der Waals surface area (Å²) >= 11 is 0. The normalized spacial score (nSPS) is 17.0. The summed E-state index contributed by atoms with van der Waals surface area (Å²) in [7, 11) is -1.88. The molecule has 6 nitrogen and oxygen atoms in total. The minimum atomic E-state index is -3.47. The average molecular weight is 314 g/mol. The largest absolute Gasteiger partial charge is 0.380 e. The molecule has 1 heterocycles. The molecule has 1 aliphatic heterocycles. The van der Waals surface area contributed by atoms with Gasteiger partial charge in [0.15, 0.2) is 0 Å². The van der Waals surface area contributed by atoms with Crippen LogP contribution >= 0.6 is 0 Å². The number of benzene rings is 1. The van der Waals surface area contributed by atoms with Crippen molar-refractivity contribution in [3.63, 3.8) is 0 Å². The van der Waals surface area contributed by atoms with Crippen LogP contribution in [0.3, 0.4) is 0 Å². The fourth-order valence-corrected chi connectivity index (χ4v) is 3.31. The molecule has 0 bridgehead atoms. The Balaban J connectivity index is 1.90. The molecule has 21 heavy (non-hydrogen) atoms. The maximum absolute atomic E-state index is 12.2. The molecule has 0 radical (unpaired) electrons. The Labute approximate surface area is 126 Å². The van der Waals surface area contributed by atoms with E-state index in [1.807, 2.05) is 6.07 Å². The molecule has 1 fully saturated rings. The molecule has 0 aromatic heterocycles. The van der Waals surface area contributed by atoms with Crippen molar-refractivity contribution >= 4 is 10.0 Å². The number of morpholine rings is 1. The van der Waals surface area contributed by atoms with E-state index in [2.05, 4.69) is 9.62 Å². The zero-order chi connectivity index (χ0) is 15.1. The summed E-state index contributed by atoms with van der Waals surface area (Å²) in [6.45, 7) is 4.63.